The zero-order valence-electron chi connectivity index (χ0n) is 15.2. The minimum Gasteiger partial charge on any atom is -0.357 e. The van der Waals surface area contributed by atoms with Crippen LogP contribution in [-0.2, 0) is 6.54 Å². The zero-order chi connectivity index (χ0) is 16.2. The van der Waals surface area contributed by atoms with Crippen molar-refractivity contribution < 1.29 is 0 Å². The Morgan fingerprint density at radius 2 is 1.90 bits per heavy atom. The van der Waals surface area contributed by atoms with Crippen molar-refractivity contribution in [3.8, 4) is 0 Å². The van der Waals surface area contributed by atoms with Crippen LogP contribution in [0.1, 0.15) is 64.3 Å². The summed E-state index contributed by atoms with van der Waals surface area (Å²) in [6.45, 7) is 16.3. The molecular formula is C18H33N3. The summed E-state index contributed by atoms with van der Waals surface area (Å²) in [6, 6.07) is 2.69. The van der Waals surface area contributed by atoms with E-state index in [-0.39, 0.29) is 5.54 Å². The first-order valence-electron chi connectivity index (χ1n) is 8.10. The Morgan fingerprint density at radius 1 is 1.29 bits per heavy atom. The molecule has 0 aliphatic heterocycles. The fourth-order valence-electron chi connectivity index (χ4n) is 2.53. The Balaban J connectivity index is 3.10. The quantitative estimate of drug-likeness (QED) is 0.851. The molecule has 120 valence electrons. The second-order valence-electron chi connectivity index (χ2n) is 7.23. The molecule has 0 radical (unpaired) electrons. The molecule has 0 saturated carbocycles. The van der Waals surface area contributed by atoms with Crippen LogP contribution in [0.5, 0.6) is 0 Å². The first-order chi connectivity index (χ1) is 9.65. The topological polar surface area (TPSA) is 28.2 Å². The number of aryl methyl sites for hydroxylation is 2. The van der Waals surface area contributed by atoms with E-state index < -0.39 is 0 Å². The molecule has 3 heteroatoms. The smallest absolute Gasteiger partial charge is 0.133 e. The minimum atomic E-state index is 0.113. The van der Waals surface area contributed by atoms with Crippen molar-refractivity contribution >= 4 is 5.82 Å². The standard InChI is InChI=1S/C18H33N3/c1-9-10-15(4)21(8)17-16(12-19-18(5,6)7)13(2)11-14(3)20-17/h11,15,19H,9-10,12H2,1-8H3. The van der Waals surface area contributed by atoms with Crippen LogP contribution in [0.15, 0.2) is 6.07 Å². The fourth-order valence-corrected chi connectivity index (χ4v) is 2.53. The van der Waals surface area contributed by atoms with E-state index in [2.05, 4.69) is 71.8 Å². The van der Waals surface area contributed by atoms with Crippen LogP contribution < -0.4 is 10.2 Å². The maximum atomic E-state index is 4.82. The summed E-state index contributed by atoms with van der Waals surface area (Å²) in [4.78, 5) is 7.16. The highest BCUT2D eigenvalue weighted by Gasteiger charge is 2.18. The average Bonchev–Trinajstić information content (AvgIpc) is 2.35. The number of pyridine rings is 1. The van der Waals surface area contributed by atoms with Gasteiger partial charge in [-0.15, -0.1) is 0 Å². The molecule has 1 rings (SSSR count). The van der Waals surface area contributed by atoms with Crippen LogP contribution in [-0.4, -0.2) is 23.6 Å². The molecule has 0 saturated heterocycles. The lowest BCUT2D eigenvalue weighted by Crippen LogP contribution is -2.37. The van der Waals surface area contributed by atoms with Gasteiger partial charge in [0, 0.05) is 36.4 Å². The molecule has 1 N–H and O–H groups in total. The van der Waals surface area contributed by atoms with Crippen LogP contribution in [0.4, 0.5) is 5.82 Å². The van der Waals surface area contributed by atoms with Crippen molar-refractivity contribution in [2.75, 3.05) is 11.9 Å². The highest BCUT2D eigenvalue weighted by Crippen LogP contribution is 2.25. The number of hydrogen-bond acceptors (Lipinski definition) is 3. The van der Waals surface area contributed by atoms with Crippen LogP contribution >= 0.6 is 0 Å². The number of nitrogens with one attached hydrogen (secondary N) is 1. The zero-order valence-corrected chi connectivity index (χ0v) is 15.2. The van der Waals surface area contributed by atoms with Crippen molar-refractivity contribution in [1.29, 1.82) is 0 Å². The Morgan fingerprint density at radius 3 is 2.43 bits per heavy atom. The molecule has 1 atom stereocenters. The van der Waals surface area contributed by atoms with Gasteiger partial charge in [-0.1, -0.05) is 13.3 Å². The van der Waals surface area contributed by atoms with Gasteiger partial charge < -0.3 is 10.2 Å². The summed E-state index contributed by atoms with van der Waals surface area (Å²) in [7, 11) is 2.17. The lowest BCUT2D eigenvalue weighted by atomic mass is 10.0. The van der Waals surface area contributed by atoms with Crippen LogP contribution in [0.2, 0.25) is 0 Å². The van der Waals surface area contributed by atoms with Gasteiger partial charge in [0.2, 0.25) is 0 Å². The molecule has 1 heterocycles. The monoisotopic (exact) mass is 291 g/mol. The lowest BCUT2D eigenvalue weighted by molar-refractivity contribution is 0.423. The molecule has 1 aromatic heterocycles. The van der Waals surface area contributed by atoms with E-state index in [1.165, 1.54) is 24.0 Å². The molecule has 0 aromatic carbocycles. The Hall–Kier alpha value is -1.09. The maximum Gasteiger partial charge on any atom is 0.133 e. The van der Waals surface area contributed by atoms with Gasteiger partial charge in [0.15, 0.2) is 0 Å². The molecule has 1 aromatic rings. The molecule has 1 unspecified atom stereocenters. The van der Waals surface area contributed by atoms with Crippen molar-refractivity contribution in [3.05, 3.63) is 22.9 Å². The Bertz CT molecular complexity index is 460. The van der Waals surface area contributed by atoms with Crippen molar-refractivity contribution in [2.24, 2.45) is 0 Å². The third-order valence-corrected chi connectivity index (χ3v) is 3.95. The molecule has 3 nitrogen and oxygen atoms in total. The third-order valence-electron chi connectivity index (χ3n) is 3.95. The normalized spacial score (nSPS) is 13.3. The number of rotatable bonds is 6. The van der Waals surface area contributed by atoms with E-state index in [9.17, 15) is 0 Å². The van der Waals surface area contributed by atoms with Gasteiger partial charge in [-0.2, -0.15) is 0 Å². The van der Waals surface area contributed by atoms with E-state index in [1.54, 1.807) is 0 Å². The fraction of sp³-hybridized carbons (Fsp3) is 0.722. The van der Waals surface area contributed by atoms with E-state index in [4.69, 9.17) is 4.98 Å². The van der Waals surface area contributed by atoms with Crippen molar-refractivity contribution in [3.63, 3.8) is 0 Å². The molecule has 0 aliphatic carbocycles. The average molecular weight is 291 g/mol. The van der Waals surface area contributed by atoms with Gasteiger partial charge in [0.1, 0.15) is 5.82 Å². The van der Waals surface area contributed by atoms with E-state index in [0.29, 0.717) is 6.04 Å². The number of aromatic nitrogens is 1. The predicted octanol–water partition coefficient (Wildman–Crippen LogP) is 4.21. The molecule has 0 spiro atoms. The first-order valence-corrected chi connectivity index (χ1v) is 8.10. The van der Waals surface area contributed by atoms with Crippen LogP contribution in [0.3, 0.4) is 0 Å². The summed E-state index contributed by atoms with van der Waals surface area (Å²) in [5, 5.41) is 3.60. The summed E-state index contributed by atoms with van der Waals surface area (Å²) < 4.78 is 0. The highest BCUT2D eigenvalue weighted by atomic mass is 15.2. The van der Waals surface area contributed by atoms with Crippen LogP contribution in [0, 0.1) is 13.8 Å². The number of anilines is 1. The Labute approximate surface area is 131 Å². The van der Waals surface area contributed by atoms with Gasteiger partial charge in [-0.25, -0.2) is 4.98 Å². The van der Waals surface area contributed by atoms with Crippen LogP contribution in [0.25, 0.3) is 0 Å². The summed E-state index contributed by atoms with van der Waals surface area (Å²) in [5.74, 6) is 1.13. The van der Waals surface area contributed by atoms with E-state index >= 15 is 0 Å². The van der Waals surface area contributed by atoms with Crippen molar-refractivity contribution in [2.45, 2.75) is 79.4 Å². The van der Waals surface area contributed by atoms with Gasteiger partial charge >= 0.3 is 0 Å². The Kier molecular flexibility index (Phi) is 6.21. The highest BCUT2D eigenvalue weighted by molar-refractivity contribution is 5.51. The third kappa shape index (κ3) is 5.31. The molecule has 0 aliphatic rings. The largest absolute Gasteiger partial charge is 0.357 e. The second-order valence-corrected chi connectivity index (χ2v) is 7.23. The SMILES string of the molecule is CCCC(C)N(C)c1nc(C)cc(C)c1CNC(C)(C)C. The summed E-state index contributed by atoms with van der Waals surface area (Å²) >= 11 is 0. The number of hydrogen-bond donors (Lipinski definition) is 1. The first kappa shape index (κ1) is 18.0. The van der Waals surface area contributed by atoms with Gasteiger partial charge in [-0.05, 0) is 59.6 Å². The van der Waals surface area contributed by atoms with Crippen molar-refractivity contribution in [1.82, 2.24) is 10.3 Å². The van der Waals surface area contributed by atoms with E-state index in [1.807, 2.05) is 0 Å². The lowest BCUT2D eigenvalue weighted by Gasteiger charge is -2.30. The maximum absolute atomic E-state index is 4.82. The predicted molar refractivity (Wildman–Crippen MR) is 93.1 cm³/mol. The summed E-state index contributed by atoms with van der Waals surface area (Å²) in [6.07, 6.45) is 2.39. The van der Waals surface area contributed by atoms with E-state index in [0.717, 1.165) is 18.1 Å². The number of nitrogens with zero attached hydrogens (tertiary/aromatic N) is 2. The molecule has 0 fully saturated rings. The second kappa shape index (κ2) is 7.26. The molecular weight excluding hydrogens is 258 g/mol. The molecule has 0 bridgehead atoms. The molecule has 0 amide bonds. The summed E-state index contributed by atoms with van der Waals surface area (Å²) in [5.41, 5.74) is 3.85. The van der Waals surface area contributed by atoms with Gasteiger partial charge in [-0.3, -0.25) is 0 Å². The molecule has 21 heavy (non-hydrogen) atoms. The minimum absolute atomic E-state index is 0.113. The van der Waals surface area contributed by atoms with Gasteiger partial charge in [0.05, 0.1) is 0 Å². The van der Waals surface area contributed by atoms with Gasteiger partial charge in [0.25, 0.3) is 0 Å².